The molecule has 5 nitrogen and oxygen atoms in total. The highest BCUT2D eigenvalue weighted by Gasteiger charge is 2.17. The van der Waals surface area contributed by atoms with Gasteiger partial charge in [-0.15, -0.1) is 0 Å². The van der Waals surface area contributed by atoms with E-state index in [1.807, 2.05) is 13.8 Å². The molecule has 1 N–H and O–H groups in total. The van der Waals surface area contributed by atoms with Crippen molar-refractivity contribution >= 4 is 5.82 Å². The molecule has 1 heterocycles. The molecule has 0 aliphatic rings. The third kappa shape index (κ3) is 3.84. The Morgan fingerprint density at radius 2 is 2.00 bits per heavy atom. The Labute approximate surface area is 109 Å². The van der Waals surface area contributed by atoms with Crippen LogP contribution >= 0.6 is 0 Å². The third-order valence-electron chi connectivity index (χ3n) is 2.48. The molecule has 0 saturated carbocycles. The van der Waals surface area contributed by atoms with Gasteiger partial charge < -0.3 is 14.8 Å². The first-order valence-corrected chi connectivity index (χ1v) is 6.34. The number of hydrogen-bond donors (Lipinski definition) is 1. The van der Waals surface area contributed by atoms with Crippen molar-refractivity contribution in [2.24, 2.45) is 0 Å². The summed E-state index contributed by atoms with van der Waals surface area (Å²) >= 11 is 0. The van der Waals surface area contributed by atoms with E-state index in [9.17, 15) is 0 Å². The highest BCUT2D eigenvalue weighted by atomic mass is 16.5. The van der Waals surface area contributed by atoms with Crippen LogP contribution in [0.3, 0.4) is 0 Å². The van der Waals surface area contributed by atoms with E-state index in [0.717, 1.165) is 17.9 Å². The molecule has 0 radical (unpaired) electrons. The molecule has 0 bridgehead atoms. The van der Waals surface area contributed by atoms with Gasteiger partial charge in [-0.1, -0.05) is 13.8 Å². The van der Waals surface area contributed by atoms with Crippen LogP contribution < -0.4 is 10.1 Å². The Morgan fingerprint density at radius 1 is 1.28 bits per heavy atom. The van der Waals surface area contributed by atoms with E-state index in [0.29, 0.717) is 18.4 Å². The molecule has 0 aromatic carbocycles. The number of hydrogen-bond acceptors (Lipinski definition) is 5. The zero-order valence-corrected chi connectivity index (χ0v) is 11.9. The van der Waals surface area contributed by atoms with Crippen LogP contribution in [0.15, 0.2) is 6.33 Å². The highest BCUT2D eigenvalue weighted by Crippen LogP contribution is 2.30. The summed E-state index contributed by atoms with van der Waals surface area (Å²) in [7, 11) is 1.66. The summed E-state index contributed by atoms with van der Waals surface area (Å²) in [6.07, 6.45) is 1.50. The Bertz CT molecular complexity index is 369. The minimum atomic E-state index is -0.0307. The summed E-state index contributed by atoms with van der Waals surface area (Å²) in [6, 6.07) is 0. The van der Waals surface area contributed by atoms with E-state index < -0.39 is 0 Å². The zero-order valence-electron chi connectivity index (χ0n) is 11.9. The summed E-state index contributed by atoms with van der Waals surface area (Å²) < 4.78 is 10.9. The van der Waals surface area contributed by atoms with Crippen molar-refractivity contribution in [1.82, 2.24) is 9.97 Å². The van der Waals surface area contributed by atoms with Crippen molar-refractivity contribution in [2.75, 3.05) is 25.6 Å². The lowest BCUT2D eigenvalue weighted by molar-refractivity contribution is 0.0880. The van der Waals surface area contributed by atoms with Crippen LogP contribution in [0.1, 0.15) is 39.2 Å². The zero-order chi connectivity index (χ0) is 13.5. The van der Waals surface area contributed by atoms with Gasteiger partial charge in [-0.3, -0.25) is 0 Å². The molecule has 1 aromatic heterocycles. The van der Waals surface area contributed by atoms with Crippen molar-refractivity contribution in [2.45, 2.75) is 39.7 Å². The Hall–Kier alpha value is -1.36. The molecule has 0 aliphatic heterocycles. The number of nitrogens with one attached hydrogen (secondary N) is 1. The molecule has 102 valence electrons. The maximum atomic E-state index is 5.82. The summed E-state index contributed by atoms with van der Waals surface area (Å²) in [5.74, 6) is 1.78. The van der Waals surface area contributed by atoms with Gasteiger partial charge in [0.25, 0.3) is 0 Å². The number of anilines is 1. The van der Waals surface area contributed by atoms with Gasteiger partial charge in [0.15, 0.2) is 0 Å². The fourth-order valence-electron chi connectivity index (χ4n) is 1.76. The van der Waals surface area contributed by atoms with Crippen molar-refractivity contribution in [3.63, 3.8) is 0 Å². The van der Waals surface area contributed by atoms with E-state index in [-0.39, 0.29) is 6.10 Å². The summed E-state index contributed by atoms with van der Waals surface area (Å²) in [5, 5.41) is 3.24. The second kappa shape index (κ2) is 7.16. The largest absolute Gasteiger partial charge is 0.472 e. The van der Waals surface area contributed by atoms with Crippen molar-refractivity contribution in [3.05, 3.63) is 11.9 Å². The van der Waals surface area contributed by atoms with Gasteiger partial charge in [-0.05, 0) is 19.8 Å². The normalized spacial score (nSPS) is 12.6. The molecule has 0 saturated heterocycles. The van der Waals surface area contributed by atoms with Gasteiger partial charge in [0, 0.05) is 13.7 Å². The van der Waals surface area contributed by atoms with Gasteiger partial charge in [0.2, 0.25) is 5.88 Å². The number of nitrogens with zero attached hydrogens (tertiary/aromatic N) is 2. The average molecular weight is 253 g/mol. The van der Waals surface area contributed by atoms with Gasteiger partial charge in [0.05, 0.1) is 12.2 Å². The maximum absolute atomic E-state index is 5.82. The Kier molecular flexibility index (Phi) is 5.85. The number of aromatic nitrogens is 2. The van der Waals surface area contributed by atoms with Crippen LogP contribution in [0.2, 0.25) is 0 Å². The van der Waals surface area contributed by atoms with Crippen LogP contribution in [0.4, 0.5) is 5.82 Å². The van der Waals surface area contributed by atoms with Gasteiger partial charge in [-0.25, -0.2) is 9.97 Å². The first-order chi connectivity index (χ1) is 8.60. The van der Waals surface area contributed by atoms with Crippen molar-refractivity contribution in [1.29, 1.82) is 0 Å². The molecular weight excluding hydrogens is 230 g/mol. The predicted octanol–water partition coefficient (Wildman–Crippen LogP) is 2.45. The predicted molar refractivity (Wildman–Crippen MR) is 72.3 cm³/mol. The lowest BCUT2D eigenvalue weighted by Crippen LogP contribution is -2.20. The molecular formula is C13H23N3O2. The molecule has 1 atom stereocenters. The standard InChI is InChI=1S/C13H23N3O2/c1-6-14-12-11(9(2)3)13(16-8-15-12)18-10(4)7-17-5/h8-10H,6-7H2,1-5H3,(H,14,15,16). The topological polar surface area (TPSA) is 56.3 Å². The average Bonchev–Trinajstić information content (AvgIpc) is 2.29. The van der Waals surface area contributed by atoms with Crippen molar-refractivity contribution in [3.8, 4) is 5.88 Å². The van der Waals surface area contributed by atoms with Crippen LogP contribution in [-0.4, -0.2) is 36.3 Å². The maximum Gasteiger partial charge on any atom is 0.222 e. The van der Waals surface area contributed by atoms with Gasteiger partial charge in [0.1, 0.15) is 18.2 Å². The molecule has 1 rings (SSSR count). The van der Waals surface area contributed by atoms with Gasteiger partial charge >= 0.3 is 0 Å². The van der Waals surface area contributed by atoms with E-state index >= 15 is 0 Å². The van der Waals surface area contributed by atoms with Crippen LogP contribution in [0, 0.1) is 0 Å². The lowest BCUT2D eigenvalue weighted by Gasteiger charge is -2.19. The second-order valence-corrected chi connectivity index (χ2v) is 4.51. The first kappa shape index (κ1) is 14.7. The van der Waals surface area contributed by atoms with Crippen LogP contribution in [-0.2, 0) is 4.74 Å². The molecule has 5 heteroatoms. The van der Waals surface area contributed by atoms with E-state index in [1.54, 1.807) is 7.11 Å². The molecule has 0 aliphatic carbocycles. The second-order valence-electron chi connectivity index (χ2n) is 4.51. The number of ether oxygens (including phenoxy) is 2. The quantitative estimate of drug-likeness (QED) is 0.809. The van der Waals surface area contributed by atoms with Crippen LogP contribution in [0.25, 0.3) is 0 Å². The van der Waals surface area contributed by atoms with Gasteiger partial charge in [-0.2, -0.15) is 0 Å². The summed E-state index contributed by atoms with van der Waals surface area (Å²) in [4.78, 5) is 8.51. The molecule has 0 spiro atoms. The summed E-state index contributed by atoms with van der Waals surface area (Å²) in [6.45, 7) is 9.57. The molecule has 1 unspecified atom stereocenters. The molecule has 18 heavy (non-hydrogen) atoms. The van der Waals surface area contributed by atoms with E-state index in [4.69, 9.17) is 9.47 Å². The van der Waals surface area contributed by atoms with Crippen molar-refractivity contribution < 1.29 is 9.47 Å². The van der Waals surface area contributed by atoms with E-state index in [1.165, 1.54) is 6.33 Å². The fourth-order valence-corrected chi connectivity index (χ4v) is 1.76. The van der Waals surface area contributed by atoms with E-state index in [2.05, 4.69) is 29.1 Å². The minimum Gasteiger partial charge on any atom is -0.472 e. The highest BCUT2D eigenvalue weighted by molar-refractivity contribution is 5.50. The monoisotopic (exact) mass is 253 g/mol. The molecule has 0 fully saturated rings. The SMILES string of the molecule is CCNc1ncnc(OC(C)COC)c1C(C)C. The fraction of sp³-hybridized carbons (Fsp3) is 0.692. The smallest absolute Gasteiger partial charge is 0.222 e. The third-order valence-corrected chi connectivity index (χ3v) is 2.48. The summed E-state index contributed by atoms with van der Waals surface area (Å²) in [5.41, 5.74) is 1.02. The lowest BCUT2D eigenvalue weighted by atomic mass is 10.1. The Morgan fingerprint density at radius 3 is 2.56 bits per heavy atom. The first-order valence-electron chi connectivity index (χ1n) is 6.34. The molecule has 1 aromatic rings. The number of methoxy groups -OCH3 is 1. The van der Waals surface area contributed by atoms with Crippen LogP contribution in [0.5, 0.6) is 5.88 Å². The minimum absolute atomic E-state index is 0.0307. The molecule has 0 amide bonds. The Balaban J connectivity index is 2.98. The number of rotatable bonds is 7.